The van der Waals surface area contributed by atoms with E-state index in [1.807, 2.05) is 11.1 Å². The van der Waals surface area contributed by atoms with Crippen LogP contribution in [0.1, 0.15) is 42.0 Å². The van der Waals surface area contributed by atoms with Crippen LogP contribution in [0.2, 0.25) is 0 Å². The summed E-state index contributed by atoms with van der Waals surface area (Å²) >= 11 is 1.44. The van der Waals surface area contributed by atoms with Crippen LogP contribution >= 0.6 is 11.3 Å². The molecule has 0 aliphatic carbocycles. The van der Waals surface area contributed by atoms with Gasteiger partial charge in [-0.15, -0.1) is 11.3 Å². The number of amides is 1. The van der Waals surface area contributed by atoms with Crippen LogP contribution in [0.25, 0.3) is 0 Å². The molecule has 0 bridgehead atoms. The Morgan fingerprint density at radius 2 is 2.10 bits per heavy atom. The lowest BCUT2D eigenvalue weighted by atomic mass is 9.80. The highest BCUT2D eigenvalue weighted by atomic mass is 32.1. The summed E-state index contributed by atoms with van der Waals surface area (Å²) in [6, 6.07) is 0. The van der Waals surface area contributed by atoms with Crippen molar-refractivity contribution >= 4 is 23.2 Å². The lowest BCUT2D eigenvalue weighted by Crippen LogP contribution is -2.47. The summed E-state index contributed by atoms with van der Waals surface area (Å²) in [4.78, 5) is 30.7. The van der Waals surface area contributed by atoms with Crippen molar-refractivity contribution < 1.29 is 14.3 Å². The highest BCUT2D eigenvalue weighted by Gasteiger charge is 2.46. The molecule has 3 aliphatic rings. The number of anilines is 1. The van der Waals surface area contributed by atoms with Crippen LogP contribution in [0.15, 0.2) is 17.1 Å². The van der Waals surface area contributed by atoms with Gasteiger partial charge in [0.1, 0.15) is 5.69 Å². The minimum atomic E-state index is -0.277. The first kappa shape index (κ1) is 18.9. The van der Waals surface area contributed by atoms with Crippen LogP contribution in [-0.4, -0.2) is 70.8 Å². The molecule has 2 fully saturated rings. The van der Waals surface area contributed by atoms with E-state index in [1.165, 1.54) is 11.3 Å². The smallest absolute Gasteiger partial charge is 0.273 e. The molecule has 5 heterocycles. The van der Waals surface area contributed by atoms with Crippen LogP contribution in [0, 0.1) is 0 Å². The fraction of sp³-hybridized carbons (Fsp3) is 0.600. The van der Waals surface area contributed by atoms with Gasteiger partial charge < -0.3 is 19.3 Å². The molecule has 2 aromatic heterocycles. The SMILES string of the molecule is C[C@@H]1CN(c2ncc3c(n2)[C@]2(CCN(C(=O)c4cscn4)C2)COC3)C[C@H](C)O1. The van der Waals surface area contributed by atoms with Gasteiger partial charge in [-0.1, -0.05) is 0 Å². The number of thiazole rings is 1. The highest BCUT2D eigenvalue weighted by molar-refractivity contribution is 7.07. The maximum absolute atomic E-state index is 12.8. The first-order valence-corrected chi connectivity index (χ1v) is 11.0. The van der Waals surface area contributed by atoms with E-state index in [0.717, 1.165) is 36.7 Å². The number of aromatic nitrogens is 3. The molecular formula is C20H25N5O3S. The molecule has 154 valence electrons. The minimum Gasteiger partial charge on any atom is -0.376 e. The van der Waals surface area contributed by atoms with E-state index in [2.05, 4.69) is 28.7 Å². The number of likely N-dealkylation sites (tertiary alicyclic amines) is 1. The van der Waals surface area contributed by atoms with Crippen LogP contribution in [0.4, 0.5) is 5.95 Å². The Morgan fingerprint density at radius 1 is 1.28 bits per heavy atom. The molecule has 2 aromatic rings. The zero-order valence-corrected chi connectivity index (χ0v) is 17.5. The molecule has 3 aliphatic heterocycles. The first-order valence-electron chi connectivity index (χ1n) is 10.1. The third-order valence-electron chi connectivity index (χ3n) is 5.98. The second-order valence-electron chi connectivity index (χ2n) is 8.33. The van der Waals surface area contributed by atoms with Crippen LogP contribution in [-0.2, 0) is 21.5 Å². The van der Waals surface area contributed by atoms with Crippen molar-refractivity contribution in [3.63, 3.8) is 0 Å². The van der Waals surface area contributed by atoms with Crippen molar-refractivity contribution in [2.45, 2.75) is 44.5 Å². The van der Waals surface area contributed by atoms with E-state index in [4.69, 9.17) is 14.5 Å². The van der Waals surface area contributed by atoms with Crippen LogP contribution < -0.4 is 4.90 Å². The van der Waals surface area contributed by atoms with Crippen molar-refractivity contribution in [1.29, 1.82) is 0 Å². The Labute approximate surface area is 173 Å². The number of hydrogen-bond donors (Lipinski definition) is 0. The van der Waals surface area contributed by atoms with Crippen LogP contribution in [0.3, 0.4) is 0 Å². The van der Waals surface area contributed by atoms with Gasteiger partial charge in [0.25, 0.3) is 5.91 Å². The third-order valence-corrected chi connectivity index (χ3v) is 6.57. The summed E-state index contributed by atoms with van der Waals surface area (Å²) in [5, 5.41) is 1.81. The summed E-state index contributed by atoms with van der Waals surface area (Å²) < 4.78 is 11.8. The normalized spacial score (nSPS) is 29.3. The maximum Gasteiger partial charge on any atom is 0.273 e. The summed E-state index contributed by atoms with van der Waals surface area (Å²) in [5.41, 5.74) is 4.00. The Hall–Kier alpha value is -2.10. The second kappa shape index (κ2) is 7.30. The highest BCUT2D eigenvalue weighted by Crippen LogP contribution is 2.40. The Bertz CT molecular complexity index is 898. The number of fused-ring (bicyclic) bond motifs is 2. The average molecular weight is 416 g/mol. The molecular weight excluding hydrogens is 390 g/mol. The van der Waals surface area contributed by atoms with E-state index >= 15 is 0 Å². The number of ether oxygens (including phenoxy) is 2. The lowest BCUT2D eigenvalue weighted by molar-refractivity contribution is -0.00584. The maximum atomic E-state index is 12.8. The van der Waals surface area contributed by atoms with Gasteiger partial charge in [0.15, 0.2) is 0 Å². The molecule has 8 nitrogen and oxygen atoms in total. The first-order chi connectivity index (χ1) is 14.0. The molecule has 5 rings (SSSR count). The summed E-state index contributed by atoms with van der Waals surface area (Å²) in [5.74, 6) is 0.733. The number of hydrogen-bond acceptors (Lipinski definition) is 8. The van der Waals surface area contributed by atoms with E-state index in [1.54, 1.807) is 10.9 Å². The van der Waals surface area contributed by atoms with E-state index < -0.39 is 0 Å². The molecule has 2 saturated heterocycles. The topological polar surface area (TPSA) is 80.7 Å². The third kappa shape index (κ3) is 3.41. The predicted octanol–water partition coefficient (Wildman–Crippen LogP) is 1.86. The van der Waals surface area contributed by atoms with Gasteiger partial charge in [-0.05, 0) is 20.3 Å². The average Bonchev–Trinajstić information content (AvgIpc) is 3.38. The molecule has 0 saturated carbocycles. The standard InChI is InChI=1S/C20H25N5O3S/c1-13-6-25(7-14(2)28-13)19-21-5-15-8-27-11-20(17(15)23-19)3-4-24(10-20)18(26)16-9-29-12-22-16/h5,9,12-14H,3-4,6-8,10-11H2,1-2H3/t13-,14+,20-/m0/s1. The van der Waals surface area contributed by atoms with Gasteiger partial charge in [-0.3, -0.25) is 4.79 Å². The monoisotopic (exact) mass is 415 g/mol. The van der Waals surface area contributed by atoms with E-state index in [9.17, 15) is 4.79 Å². The molecule has 0 aromatic carbocycles. The van der Waals surface area contributed by atoms with E-state index in [0.29, 0.717) is 32.0 Å². The Kier molecular flexibility index (Phi) is 4.76. The van der Waals surface area contributed by atoms with Crippen LogP contribution in [0.5, 0.6) is 0 Å². The van der Waals surface area contributed by atoms with Gasteiger partial charge in [-0.2, -0.15) is 0 Å². The number of nitrogens with zero attached hydrogens (tertiary/aromatic N) is 5. The van der Waals surface area contributed by atoms with Gasteiger partial charge in [0.2, 0.25) is 5.95 Å². The summed E-state index contributed by atoms with van der Waals surface area (Å²) in [6.07, 6.45) is 3.03. The predicted molar refractivity (Wildman–Crippen MR) is 108 cm³/mol. The largest absolute Gasteiger partial charge is 0.376 e. The Morgan fingerprint density at radius 3 is 2.86 bits per heavy atom. The Balaban J connectivity index is 1.43. The number of rotatable bonds is 2. The quantitative estimate of drug-likeness (QED) is 0.741. The molecule has 1 amide bonds. The zero-order chi connectivity index (χ0) is 20.0. The number of carbonyl (C=O) groups is 1. The van der Waals surface area contributed by atoms with Gasteiger partial charge in [-0.25, -0.2) is 15.0 Å². The van der Waals surface area contributed by atoms with E-state index in [-0.39, 0.29) is 23.5 Å². The molecule has 3 atom stereocenters. The fourth-order valence-corrected chi connectivity index (χ4v) is 5.24. The fourth-order valence-electron chi connectivity index (χ4n) is 4.72. The van der Waals surface area contributed by atoms with Crippen molar-refractivity contribution in [2.75, 3.05) is 37.7 Å². The van der Waals surface area contributed by atoms with Crippen molar-refractivity contribution in [2.24, 2.45) is 0 Å². The van der Waals surface area contributed by atoms with Crippen molar-refractivity contribution in [3.05, 3.63) is 34.0 Å². The molecule has 9 heteroatoms. The van der Waals surface area contributed by atoms with Gasteiger partial charge >= 0.3 is 0 Å². The molecule has 1 spiro atoms. The van der Waals surface area contributed by atoms with Crippen molar-refractivity contribution in [1.82, 2.24) is 19.9 Å². The van der Waals surface area contributed by atoms with Crippen molar-refractivity contribution in [3.8, 4) is 0 Å². The second-order valence-corrected chi connectivity index (χ2v) is 9.05. The zero-order valence-electron chi connectivity index (χ0n) is 16.7. The van der Waals surface area contributed by atoms with Gasteiger partial charge in [0, 0.05) is 43.3 Å². The number of morpholine rings is 1. The molecule has 29 heavy (non-hydrogen) atoms. The molecule has 0 N–H and O–H groups in total. The molecule has 0 unspecified atom stereocenters. The number of carbonyl (C=O) groups excluding carboxylic acids is 1. The molecule has 0 radical (unpaired) electrons. The summed E-state index contributed by atoms with van der Waals surface area (Å²) in [7, 11) is 0. The van der Waals surface area contributed by atoms with Gasteiger partial charge in [0.05, 0.1) is 42.0 Å². The summed E-state index contributed by atoms with van der Waals surface area (Å²) in [6.45, 7) is 8.10. The minimum absolute atomic E-state index is 0.0136. The lowest BCUT2D eigenvalue weighted by Gasteiger charge is -2.38.